The number of non-ortho nitro benzene ring substituents is 1. The second-order valence-electron chi connectivity index (χ2n) is 8.02. The van der Waals surface area contributed by atoms with Crippen LogP contribution in [0.2, 0.25) is 0 Å². The van der Waals surface area contributed by atoms with Gasteiger partial charge in [-0.2, -0.15) is 5.26 Å². The van der Waals surface area contributed by atoms with Gasteiger partial charge in [0, 0.05) is 17.8 Å². The van der Waals surface area contributed by atoms with Gasteiger partial charge in [0.25, 0.3) is 5.69 Å². The number of esters is 2. The molecule has 0 aliphatic carbocycles. The number of nitriles is 1. The summed E-state index contributed by atoms with van der Waals surface area (Å²) in [7, 11) is 2.27. The molecule has 1 atom stereocenters. The van der Waals surface area contributed by atoms with Crippen LogP contribution in [0.3, 0.4) is 0 Å². The molecule has 0 radical (unpaired) electrons. The smallest absolute Gasteiger partial charge is 0.355 e. The van der Waals surface area contributed by atoms with Crippen LogP contribution < -0.4 is 10.6 Å². The van der Waals surface area contributed by atoms with E-state index in [0.29, 0.717) is 5.69 Å². The molecule has 0 bridgehead atoms. The van der Waals surface area contributed by atoms with Crippen molar-refractivity contribution in [3.05, 3.63) is 92.4 Å². The van der Waals surface area contributed by atoms with Crippen molar-refractivity contribution < 1.29 is 24.0 Å². The van der Waals surface area contributed by atoms with E-state index in [-0.39, 0.29) is 39.8 Å². The van der Waals surface area contributed by atoms with Crippen LogP contribution in [0.15, 0.2) is 71.2 Å². The first kappa shape index (κ1) is 25.0. The Hall–Kier alpha value is -4.65. The summed E-state index contributed by atoms with van der Waals surface area (Å²) < 4.78 is 9.95. The Morgan fingerprint density at radius 3 is 2.26 bits per heavy atom. The van der Waals surface area contributed by atoms with Gasteiger partial charge in [0.2, 0.25) is 0 Å². The monoisotopic (exact) mass is 476 g/mol. The van der Waals surface area contributed by atoms with Gasteiger partial charge in [0.15, 0.2) is 0 Å². The van der Waals surface area contributed by atoms with E-state index in [1.54, 1.807) is 12.1 Å². The highest BCUT2D eigenvalue weighted by atomic mass is 16.6. The number of benzene rings is 2. The van der Waals surface area contributed by atoms with E-state index in [0.717, 1.165) is 19.8 Å². The van der Waals surface area contributed by atoms with E-state index in [4.69, 9.17) is 15.2 Å². The van der Waals surface area contributed by atoms with E-state index in [2.05, 4.69) is 0 Å². The molecule has 0 fully saturated rings. The second-order valence-corrected chi connectivity index (χ2v) is 8.02. The van der Waals surface area contributed by atoms with E-state index >= 15 is 0 Å². The number of nitrogens with two attached hydrogens (primary N) is 1. The van der Waals surface area contributed by atoms with Crippen molar-refractivity contribution in [3.8, 4) is 6.07 Å². The third-order valence-corrected chi connectivity index (χ3v) is 5.71. The predicted octanol–water partition coefficient (Wildman–Crippen LogP) is 3.62. The Kier molecular flexibility index (Phi) is 7.20. The molecule has 0 spiro atoms. The van der Waals surface area contributed by atoms with Crippen LogP contribution in [0.1, 0.15) is 36.8 Å². The molecule has 2 aromatic carbocycles. The molecule has 0 amide bonds. The minimum Gasteiger partial charge on any atom is -0.466 e. The van der Waals surface area contributed by atoms with Crippen LogP contribution in [0, 0.1) is 21.4 Å². The number of anilines is 1. The van der Waals surface area contributed by atoms with Gasteiger partial charge in [-0.15, -0.1) is 0 Å². The molecule has 0 saturated carbocycles. The molecule has 180 valence electrons. The summed E-state index contributed by atoms with van der Waals surface area (Å²) in [5, 5.41) is 21.4. The van der Waals surface area contributed by atoms with Gasteiger partial charge in [-0.25, -0.2) is 9.59 Å². The molecule has 1 unspecified atom stereocenters. The Labute approximate surface area is 202 Å². The fraction of sp³-hybridized carbons (Fsp3) is 0.240. The zero-order valence-corrected chi connectivity index (χ0v) is 19.6. The lowest BCUT2D eigenvalue weighted by Gasteiger charge is -2.35. The van der Waals surface area contributed by atoms with E-state index in [1.165, 1.54) is 29.2 Å². The minimum absolute atomic E-state index is 0.0773. The van der Waals surface area contributed by atoms with Crippen LogP contribution in [0.4, 0.5) is 11.4 Å². The summed E-state index contributed by atoms with van der Waals surface area (Å²) in [6.07, 6.45) is 0. The van der Waals surface area contributed by atoms with Gasteiger partial charge in [-0.3, -0.25) is 15.0 Å². The zero-order valence-electron chi connectivity index (χ0n) is 19.6. The standard InChI is InChI=1S/C25H24N4O6/c1-14(2)15-8-10-17(11-9-15)28-22(25(31)35-4)21(24(30)34-3)20(19(13-26)23(28)27)16-6-5-7-18(12-16)29(32)33/h5-12,14,20H,27H2,1-4H3. The summed E-state index contributed by atoms with van der Waals surface area (Å²) in [6.45, 7) is 4.05. The number of methoxy groups -OCH3 is 2. The highest BCUT2D eigenvalue weighted by molar-refractivity contribution is 6.06. The summed E-state index contributed by atoms with van der Waals surface area (Å²) in [4.78, 5) is 38.2. The number of carbonyl (C=O) groups is 2. The van der Waals surface area contributed by atoms with Gasteiger partial charge in [-0.1, -0.05) is 38.1 Å². The predicted molar refractivity (Wildman–Crippen MR) is 127 cm³/mol. The van der Waals surface area contributed by atoms with Crippen LogP contribution in [0.25, 0.3) is 0 Å². The first-order valence-corrected chi connectivity index (χ1v) is 10.6. The lowest BCUT2D eigenvalue weighted by atomic mass is 9.80. The van der Waals surface area contributed by atoms with E-state index in [1.807, 2.05) is 32.0 Å². The molecule has 1 aliphatic rings. The molecule has 1 heterocycles. The van der Waals surface area contributed by atoms with Crippen molar-refractivity contribution in [2.75, 3.05) is 19.1 Å². The maximum atomic E-state index is 13.1. The van der Waals surface area contributed by atoms with Crippen molar-refractivity contribution >= 4 is 23.3 Å². The van der Waals surface area contributed by atoms with Crippen molar-refractivity contribution in [3.63, 3.8) is 0 Å². The van der Waals surface area contributed by atoms with Gasteiger partial charge in [0.1, 0.15) is 11.5 Å². The number of ether oxygens (including phenoxy) is 2. The molecule has 10 heteroatoms. The summed E-state index contributed by atoms with van der Waals surface area (Å²) in [5.41, 5.74) is 7.29. The SMILES string of the molecule is COC(=O)C1=C(C(=O)OC)N(c2ccc(C(C)C)cc2)C(N)=C(C#N)C1c1cccc([N+](=O)[O-])c1. The maximum Gasteiger partial charge on any atom is 0.355 e. The number of hydrogen-bond acceptors (Lipinski definition) is 9. The average Bonchev–Trinajstić information content (AvgIpc) is 2.86. The van der Waals surface area contributed by atoms with E-state index < -0.39 is 22.8 Å². The highest BCUT2D eigenvalue weighted by Gasteiger charge is 2.43. The molecular weight excluding hydrogens is 452 g/mol. The van der Waals surface area contributed by atoms with E-state index in [9.17, 15) is 25.0 Å². The number of nitrogens with zero attached hydrogens (tertiary/aromatic N) is 3. The summed E-state index contributed by atoms with van der Waals surface area (Å²) in [5.74, 6) is -2.88. The number of carbonyl (C=O) groups excluding carboxylic acids is 2. The first-order chi connectivity index (χ1) is 16.7. The maximum absolute atomic E-state index is 13.1. The zero-order chi connectivity index (χ0) is 25.9. The molecule has 2 aromatic rings. The topological polar surface area (TPSA) is 149 Å². The molecule has 35 heavy (non-hydrogen) atoms. The third-order valence-electron chi connectivity index (χ3n) is 5.71. The normalized spacial score (nSPS) is 15.7. The number of rotatable bonds is 6. The highest BCUT2D eigenvalue weighted by Crippen LogP contribution is 2.43. The van der Waals surface area contributed by atoms with Gasteiger partial charge >= 0.3 is 11.9 Å². The largest absolute Gasteiger partial charge is 0.466 e. The van der Waals surface area contributed by atoms with Crippen LogP contribution in [0.5, 0.6) is 0 Å². The molecule has 0 saturated heterocycles. The van der Waals surface area contributed by atoms with Crippen molar-refractivity contribution in [2.24, 2.45) is 5.73 Å². The van der Waals surface area contributed by atoms with Gasteiger partial charge in [-0.05, 0) is 29.2 Å². The van der Waals surface area contributed by atoms with Crippen LogP contribution >= 0.6 is 0 Å². The fourth-order valence-electron chi connectivity index (χ4n) is 3.96. The molecular formula is C25H24N4O6. The third kappa shape index (κ3) is 4.56. The molecule has 3 rings (SSSR count). The number of nitro groups is 1. The summed E-state index contributed by atoms with van der Waals surface area (Å²) >= 11 is 0. The Morgan fingerprint density at radius 2 is 1.74 bits per heavy atom. The number of allylic oxidation sites excluding steroid dienone is 1. The number of hydrogen-bond donors (Lipinski definition) is 1. The molecule has 2 N–H and O–H groups in total. The Morgan fingerprint density at radius 1 is 1.11 bits per heavy atom. The quantitative estimate of drug-likeness (QED) is 0.375. The van der Waals surface area contributed by atoms with Crippen LogP contribution in [-0.4, -0.2) is 31.1 Å². The average molecular weight is 476 g/mol. The van der Waals surface area contributed by atoms with Crippen LogP contribution in [-0.2, 0) is 19.1 Å². The Bertz CT molecular complexity index is 1290. The van der Waals surface area contributed by atoms with Crippen molar-refractivity contribution in [1.29, 1.82) is 5.26 Å². The van der Waals surface area contributed by atoms with Gasteiger partial charge in [0.05, 0.1) is 42.3 Å². The first-order valence-electron chi connectivity index (χ1n) is 10.6. The minimum atomic E-state index is -1.20. The van der Waals surface area contributed by atoms with Crippen molar-refractivity contribution in [2.45, 2.75) is 25.7 Å². The lowest BCUT2D eigenvalue weighted by molar-refractivity contribution is -0.384. The molecule has 0 aromatic heterocycles. The van der Waals surface area contributed by atoms with Gasteiger partial charge < -0.3 is 15.2 Å². The number of nitro benzene ring substituents is 1. The Balaban J connectivity index is 2.38. The molecule has 1 aliphatic heterocycles. The molecule has 10 nitrogen and oxygen atoms in total. The second kappa shape index (κ2) is 10.1. The lowest BCUT2D eigenvalue weighted by Crippen LogP contribution is -2.40. The summed E-state index contributed by atoms with van der Waals surface area (Å²) in [6, 6.07) is 14.6. The van der Waals surface area contributed by atoms with Crippen molar-refractivity contribution in [1.82, 2.24) is 0 Å². The fourth-order valence-corrected chi connectivity index (χ4v) is 3.96.